The molecule has 0 radical (unpaired) electrons. The van der Waals surface area contributed by atoms with Gasteiger partial charge in [-0.1, -0.05) is 30.3 Å². The van der Waals surface area contributed by atoms with E-state index in [0.29, 0.717) is 18.8 Å². The Kier molecular flexibility index (Phi) is 3.87. The minimum Gasteiger partial charge on any atom is -0.473 e. The molecule has 0 unspecified atom stereocenters. The van der Waals surface area contributed by atoms with Crippen LogP contribution in [0.1, 0.15) is 13.3 Å². The van der Waals surface area contributed by atoms with Crippen molar-refractivity contribution >= 4 is 16.9 Å². The summed E-state index contributed by atoms with van der Waals surface area (Å²) < 4.78 is 8.11. The zero-order valence-electron chi connectivity index (χ0n) is 14.3. The van der Waals surface area contributed by atoms with Gasteiger partial charge >= 0.3 is 0 Å². The minimum atomic E-state index is -0.115. The quantitative estimate of drug-likeness (QED) is 0.795. The van der Waals surface area contributed by atoms with Gasteiger partial charge < -0.3 is 14.6 Å². The van der Waals surface area contributed by atoms with E-state index >= 15 is 0 Å². The predicted molar refractivity (Wildman–Crippen MR) is 95.2 cm³/mol. The number of pyridine rings is 1. The molecule has 2 aromatic heterocycles. The molecule has 3 aromatic rings. The van der Waals surface area contributed by atoms with E-state index in [1.807, 2.05) is 54.9 Å². The summed E-state index contributed by atoms with van der Waals surface area (Å²) >= 11 is 0. The van der Waals surface area contributed by atoms with Crippen LogP contribution >= 0.6 is 0 Å². The summed E-state index contributed by atoms with van der Waals surface area (Å²) in [4.78, 5) is 20.7. The number of aryl methyl sites for hydroxylation is 1. The van der Waals surface area contributed by atoms with Crippen LogP contribution in [0.2, 0.25) is 0 Å². The summed E-state index contributed by atoms with van der Waals surface area (Å²) in [6.07, 6.45) is 2.14. The summed E-state index contributed by atoms with van der Waals surface area (Å²) in [5, 5.41) is 2.86. The number of carbonyl (C=O) groups is 1. The number of carbonyl (C=O) groups excluding carboxylic acids is 1. The lowest BCUT2D eigenvalue weighted by atomic mass is 10.0. The normalized spacial score (nSPS) is 18.3. The van der Waals surface area contributed by atoms with E-state index in [4.69, 9.17) is 9.72 Å². The Morgan fingerprint density at radius 2 is 2.12 bits per heavy atom. The lowest BCUT2D eigenvalue weighted by Crippen LogP contribution is -2.26. The van der Waals surface area contributed by atoms with Crippen molar-refractivity contribution in [2.24, 2.45) is 13.0 Å². The molecule has 6 nitrogen and oxygen atoms in total. The highest BCUT2D eigenvalue weighted by atomic mass is 16.5. The second-order valence-electron chi connectivity index (χ2n) is 6.49. The summed E-state index contributed by atoms with van der Waals surface area (Å²) in [6, 6.07) is 12.0. The van der Waals surface area contributed by atoms with Crippen molar-refractivity contribution < 1.29 is 9.53 Å². The largest absolute Gasteiger partial charge is 0.473 e. The van der Waals surface area contributed by atoms with Crippen LogP contribution in [-0.4, -0.2) is 33.1 Å². The fourth-order valence-corrected chi connectivity index (χ4v) is 3.21. The van der Waals surface area contributed by atoms with Gasteiger partial charge in [-0.05, 0) is 13.0 Å². The van der Waals surface area contributed by atoms with Crippen LogP contribution < -0.4 is 10.1 Å². The number of nitrogens with zero attached hydrogens (tertiary/aromatic N) is 3. The van der Waals surface area contributed by atoms with E-state index in [9.17, 15) is 4.79 Å². The number of rotatable bonds is 4. The molecule has 25 heavy (non-hydrogen) atoms. The Balaban J connectivity index is 1.73. The molecule has 1 aliphatic rings. The van der Waals surface area contributed by atoms with Crippen LogP contribution in [0.5, 0.6) is 5.88 Å². The summed E-state index contributed by atoms with van der Waals surface area (Å²) in [7, 11) is 1.93. The Morgan fingerprint density at radius 3 is 2.84 bits per heavy atom. The zero-order valence-corrected chi connectivity index (χ0v) is 14.3. The maximum Gasteiger partial charge on any atom is 0.241 e. The second-order valence-corrected chi connectivity index (χ2v) is 6.49. The van der Waals surface area contributed by atoms with Crippen LogP contribution in [0.25, 0.3) is 22.3 Å². The molecule has 0 aliphatic carbocycles. The van der Waals surface area contributed by atoms with E-state index in [1.54, 1.807) is 6.33 Å². The van der Waals surface area contributed by atoms with Crippen molar-refractivity contribution in [3.63, 3.8) is 0 Å². The zero-order chi connectivity index (χ0) is 17.4. The van der Waals surface area contributed by atoms with Crippen molar-refractivity contribution in [2.75, 3.05) is 6.54 Å². The van der Waals surface area contributed by atoms with Crippen LogP contribution in [0.3, 0.4) is 0 Å². The summed E-state index contributed by atoms with van der Waals surface area (Å²) in [5.74, 6) is 0.790. The number of amides is 1. The van der Waals surface area contributed by atoms with Crippen LogP contribution in [-0.2, 0) is 11.8 Å². The number of ether oxygens (including phenoxy) is 1. The van der Waals surface area contributed by atoms with Gasteiger partial charge in [-0.25, -0.2) is 9.97 Å². The Labute approximate surface area is 145 Å². The topological polar surface area (TPSA) is 69.0 Å². The molecule has 1 fully saturated rings. The molecule has 1 aliphatic heterocycles. The summed E-state index contributed by atoms with van der Waals surface area (Å²) in [5.41, 5.74) is 3.56. The lowest BCUT2D eigenvalue weighted by molar-refractivity contribution is -0.119. The molecule has 6 heteroatoms. The highest BCUT2D eigenvalue weighted by Crippen LogP contribution is 2.30. The molecule has 4 rings (SSSR count). The number of hydrogen-bond acceptors (Lipinski definition) is 4. The van der Waals surface area contributed by atoms with Crippen molar-refractivity contribution in [1.82, 2.24) is 19.9 Å². The van der Waals surface area contributed by atoms with Gasteiger partial charge in [0.1, 0.15) is 11.6 Å². The second kappa shape index (κ2) is 6.20. The predicted octanol–water partition coefficient (Wildman–Crippen LogP) is 2.54. The number of fused-ring (bicyclic) bond motifs is 1. The third-order valence-electron chi connectivity index (χ3n) is 4.70. The van der Waals surface area contributed by atoms with Crippen LogP contribution in [0.15, 0.2) is 42.7 Å². The SMILES string of the molecule is C[C@@H](Oc1nc(-c2ccccc2)cc2ncn(C)c12)[C@H]1CNC(=O)C1. The molecule has 0 saturated carbocycles. The van der Waals surface area contributed by atoms with E-state index in [1.165, 1.54) is 0 Å². The van der Waals surface area contributed by atoms with Crippen molar-refractivity contribution in [1.29, 1.82) is 0 Å². The average molecular weight is 336 g/mol. The molecule has 0 bridgehead atoms. The fraction of sp³-hybridized carbons (Fsp3) is 0.316. The number of hydrogen-bond donors (Lipinski definition) is 1. The average Bonchev–Trinajstić information content (AvgIpc) is 3.22. The van der Waals surface area contributed by atoms with Gasteiger partial charge in [-0.3, -0.25) is 4.79 Å². The molecule has 0 spiro atoms. The Hall–Kier alpha value is -2.89. The lowest BCUT2D eigenvalue weighted by Gasteiger charge is -2.20. The number of nitrogens with one attached hydrogen (secondary N) is 1. The van der Waals surface area contributed by atoms with Crippen LogP contribution in [0, 0.1) is 5.92 Å². The highest BCUT2D eigenvalue weighted by molar-refractivity contribution is 5.84. The molecule has 3 heterocycles. The first-order valence-electron chi connectivity index (χ1n) is 8.42. The third kappa shape index (κ3) is 2.95. The van der Waals surface area contributed by atoms with Gasteiger partial charge in [-0.15, -0.1) is 0 Å². The standard InChI is InChI=1S/C19H20N4O2/c1-12(14-8-17(24)20-10-14)25-19-18-16(21-11-23(18)2)9-15(22-19)13-6-4-3-5-7-13/h3-7,9,11-12,14H,8,10H2,1-2H3,(H,20,24)/t12-,14-/m1/s1. The maximum absolute atomic E-state index is 11.5. The van der Waals surface area contributed by atoms with E-state index in [0.717, 1.165) is 22.3 Å². The fourth-order valence-electron chi connectivity index (χ4n) is 3.21. The molecular formula is C19H20N4O2. The molecule has 128 valence electrons. The Morgan fingerprint density at radius 1 is 1.32 bits per heavy atom. The van der Waals surface area contributed by atoms with Crippen molar-refractivity contribution in [2.45, 2.75) is 19.4 Å². The first-order chi connectivity index (χ1) is 12.1. The van der Waals surface area contributed by atoms with E-state index in [2.05, 4.69) is 10.3 Å². The van der Waals surface area contributed by atoms with Gasteiger partial charge in [0.2, 0.25) is 11.8 Å². The highest BCUT2D eigenvalue weighted by Gasteiger charge is 2.29. The van der Waals surface area contributed by atoms with Gasteiger partial charge in [0.05, 0.1) is 17.5 Å². The van der Waals surface area contributed by atoms with Gasteiger partial charge in [0.15, 0.2) is 0 Å². The monoisotopic (exact) mass is 336 g/mol. The van der Waals surface area contributed by atoms with E-state index < -0.39 is 0 Å². The van der Waals surface area contributed by atoms with Crippen molar-refractivity contribution in [3.8, 4) is 17.1 Å². The van der Waals surface area contributed by atoms with Gasteiger partial charge in [-0.2, -0.15) is 0 Å². The van der Waals surface area contributed by atoms with Crippen LogP contribution in [0.4, 0.5) is 0 Å². The number of aromatic nitrogens is 3. The molecule has 1 saturated heterocycles. The van der Waals surface area contributed by atoms with E-state index in [-0.39, 0.29) is 17.9 Å². The van der Waals surface area contributed by atoms with Crippen molar-refractivity contribution in [3.05, 3.63) is 42.7 Å². The molecular weight excluding hydrogens is 316 g/mol. The smallest absolute Gasteiger partial charge is 0.241 e. The minimum absolute atomic E-state index is 0.0807. The van der Waals surface area contributed by atoms with Gasteiger partial charge in [0, 0.05) is 31.5 Å². The molecule has 1 aromatic carbocycles. The third-order valence-corrected chi connectivity index (χ3v) is 4.70. The first kappa shape index (κ1) is 15.6. The van der Waals surface area contributed by atoms with Gasteiger partial charge in [0.25, 0.3) is 0 Å². The Bertz CT molecular complexity index is 920. The molecule has 2 atom stereocenters. The number of imidazole rings is 1. The molecule has 1 amide bonds. The summed E-state index contributed by atoms with van der Waals surface area (Å²) in [6.45, 7) is 2.64. The molecule has 1 N–H and O–H groups in total. The maximum atomic E-state index is 11.5. The first-order valence-corrected chi connectivity index (χ1v) is 8.42. The number of benzene rings is 1.